The summed E-state index contributed by atoms with van der Waals surface area (Å²) < 4.78 is 12.6. The molecule has 0 bridgehead atoms. The monoisotopic (exact) mass is 475 g/mol. The molecular weight excluding hydrogens is 446 g/mol. The molecule has 1 saturated heterocycles. The molecule has 0 atom stereocenters. The fourth-order valence-electron chi connectivity index (χ4n) is 4.70. The maximum Gasteiger partial charge on any atom is 0.263 e. The van der Waals surface area contributed by atoms with E-state index in [1.54, 1.807) is 7.11 Å². The Labute approximate surface area is 203 Å². The Kier molecular flexibility index (Phi) is 6.10. The minimum absolute atomic E-state index is 0.0376. The third kappa shape index (κ3) is 4.31. The van der Waals surface area contributed by atoms with Crippen LogP contribution in [-0.4, -0.2) is 51.0 Å². The molecule has 5 rings (SSSR count). The number of piperidine rings is 1. The lowest BCUT2D eigenvalue weighted by Crippen LogP contribution is -2.40. The number of fused-ring (bicyclic) bond motifs is 1. The van der Waals surface area contributed by atoms with E-state index in [0.29, 0.717) is 31.0 Å². The van der Waals surface area contributed by atoms with Crippen LogP contribution >= 0.6 is 0 Å². The van der Waals surface area contributed by atoms with Crippen LogP contribution in [0.25, 0.3) is 22.4 Å². The first-order valence-electron chi connectivity index (χ1n) is 11.7. The Bertz CT molecular complexity index is 1350. The van der Waals surface area contributed by atoms with Crippen LogP contribution in [0.2, 0.25) is 0 Å². The number of nitrogens with one attached hydrogen (secondary N) is 1. The zero-order valence-corrected chi connectivity index (χ0v) is 20.4. The number of hydrogen-bond acceptors (Lipinski definition) is 8. The topological polar surface area (TPSA) is 111 Å². The highest BCUT2D eigenvalue weighted by atomic mass is 16.5. The van der Waals surface area contributed by atoms with E-state index >= 15 is 0 Å². The molecule has 3 aromatic heterocycles. The smallest absolute Gasteiger partial charge is 0.263 e. The summed E-state index contributed by atoms with van der Waals surface area (Å²) in [6.07, 6.45) is 2.98. The third-order valence-electron chi connectivity index (χ3n) is 6.88. The van der Waals surface area contributed by atoms with Crippen LogP contribution in [0.1, 0.15) is 29.8 Å². The first-order valence-corrected chi connectivity index (χ1v) is 11.7. The Balaban J connectivity index is 1.29. The average Bonchev–Trinajstić information content (AvgIpc) is 3.43. The van der Waals surface area contributed by atoms with Crippen LogP contribution in [0.15, 0.2) is 35.1 Å². The lowest BCUT2D eigenvalue weighted by molar-refractivity contribution is -0.125. The van der Waals surface area contributed by atoms with Gasteiger partial charge in [-0.2, -0.15) is 10.1 Å². The number of amides is 1. The van der Waals surface area contributed by atoms with E-state index < -0.39 is 0 Å². The van der Waals surface area contributed by atoms with Crippen LogP contribution in [0.3, 0.4) is 0 Å². The lowest BCUT2D eigenvalue weighted by Gasteiger charge is -2.32. The van der Waals surface area contributed by atoms with Crippen LogP contribution in [-0.2, 0) is 18.4 Å². The average molecular weight is 476 g/mol. The molecule has 0 unspecified atom stereocenters. The van der Waals surface area contributed by atoms with Crippen molar-refractivity contribution in [2.24, 2.45) is 13.0 Å². The van der Waals surface area contributed by atoms with Gasteiger partial charge in [-0.05, 0) is 51.0 Å². The number of carbonyl (C=O) groups excluding carboxylic acids is 1. The first kappa shape index (κ1) is 22.8. The predicted molar refractivity (Wildman–Crippen MR) is 131 cm³/mol. The first-order chi connectivity index (χ1) is 17.0. The van der Waals surface area contributed by atoms with Gasteiger partial charge in [-0.3, -0.25) is 9.48 Å². The fraction of sp³-hybridized carbons (Fsp3) is 0.400. The Morgan fingerprint density at radius 1 is 1.17 bits per heavy atom. The summed E-state index contributed by atoms with van der Waals surface area (Å²) in [5.74, 6) is 1.60. The van der Waals surface area contributed by atoms with Crippen molar-refractivity contribution >= 4 is 22.8 Å². The molecule has 4 aromatic rings. The molecule has 1 aliphatic heterocycles. The second-order valence-electron chi connectivity index (χ2n) is 8.89. The predicted octanol–water partition coefficient (Wildman–Crippen LogP) is 3.18. The summed E-state index contributed by atoms with van der Waals surface area (Å²) in [7, 11) is 3.56. The molecule has 0 aliphatic carbocycles. The van der Waals surface area contributed by atoms with Gasteiger partial charge in [-0.25, -0.2) is 4.98 Å². The normalized spacial score (nSPS) is 14.5. The minimum atomic E-state index is -0.0376. The van der Waals surface area contributed by atoms with Crippen molar-refractivity contribution in [3.8, 4) is 17.0 Å². The van der Waals surface area contributed by atoms with Crippen molar-refractivity contribution in [1.29, 1.82) is 0 Å². The van der Waals surface area contributed by atoms with Crippen molar-refractivity contribution in [1.82, 2.24) is 30.2 Å². The summed E-state index contributed by atoms with van der Waals surface area (Å²) in [6.45, 7) is 5.92. The quantitative estimate of drug-likeness (QED) is 0.453. The van der Waals surface area contributed by atoms with Gasteiger partial charge in [0.15, 0.2) is 0 Å². The zero-order chi connectivity index (χ0) is 24.5. The molecule has 1 aliphatic rings. The number of aryl methyl sites for hydroxylation is 2. The van der Waals surface area contributed by atoms with Gasteiger partial charge in [0.1, 0.15) is 29.0 Å². The number of aromatic nitrogens is 5. The van der Waals surface area contributed by atoms with Gasteiger partial charge in [0, 0.05) is 49.4 Å². The van der Waals surface area contributed by atoms with Crippen molar-refractivity contribution in [3.63, 3.8) is 0 Å². The number of methoxy groups -OCH3 is 1. The van der Waals surface area contributed by atoms with Crippen LogP contribution in [0.4, 0.5) is 5.82 Å². The molecule has 182 valence electrons. The van der Waals surface area contributed by atoms with E-state index in [1.165, 1.54) is 6.33 Å². The summed E-state index contributed by atoms with van der Waals surface area (Å²) in [4.78, 5) is 23.9. The second kappa shape index (κ2) is 9.36. The lowest BCUT2D eigenvalue weighted by atomic mass is 9.95. The summed E-state index contributed by atoms with van der Waals surface area (Å²) in [6, 6.07) is 7.65. The molecule has 1 aromatic carbocycles. The molecule has 0 saturated carbocycles. The number of carbonyl (C=O) groups is 1. The summed E-state index contributed by atoms with van der Waals surface area (Å²) in [5.41, 5.74) is 5.15. The van der Waals surface area contributed by atoms with Crippen LogP contribution < -0.4 is 15.0 Å². The number of ether oxygens (including phenoxy) is 1. The Morgan fingerprint density at radius 2 is 1.91 bits per heavy atom. The van der Waals surface area contributed by atoms with Crippen LogP contribution in [0, 0.1) is 19.8 Å². The van der Waals surface area contributed by atoms with E-state index in [-0.39, 0.29) is 11.8 Å². The molecule has 4 heterocycles. The van der Waals surface area contributed by atoms with E-state index in [0.717, 1.165) is 52.3 Å². The SMILES string of the molecule is COc1ccc(-c2noc3ncnc(N4CCC(C(=O)NCc5c(C)nn(C)c5C)CC4)c23)cc1. The minimum Gasteiger partial charge on any atom is -0.497 e. The van der Waals surface area contributed by atoms with Crippen molar-refractivity contribution in [2.75, 3.05) is 25.1 Å². The van der Waals surface area contributed by atoms with Gasteiger partial charge >= 0.3 is 0 Å². The molecule has 1 fully saturated rings. The summed E-state index contributed by atoms with van der Waals surface area (Å²) in [5, 5.41) is 12.6. The van der Waals surface area contributed by atoms with Gasteiger partial charge < -0.3 is 19.5 Å². The highest BCUT2D eigenvalue weighted by molar-refractivity contribution is 5.98. The molecule has 1 amide bonds. The molecule has 10 heteroatoms. The van der Waals surface area contributed by atoms with E-state index in [1.807, 2.05) is 49.8 Å². The van der Waals surface area contributed by atoms with Gasteiger partial charge in [0.05, 0.1) is 12.8 Å². The fourth-order valence-corrected chi connectivity index (χ4v) is 4.70. The zero-order valence-electron chi connectivity index (χ0n) is 20.4. The number of benzene rings is 1. The van der Waals surface area contributed by atoms with Crippen molar-refractivity contribution in [2.45, 2.75) is 33.2 Å². The summed E-state index contributed by atoms with van der Waals surface area (Å²) >= 11 is 0. The second-order valence-corrected chi connectivity index (χ2v) is 8.89. The Morgan fingerprint density at radius 3 is 2.57 bits per heavy atom. The van der Waals surface area contributed by atoms with Crippen LogP contribution in [0.5, 0.6) is 5.75 Å². The highest BCUT2D eigenvalue weighted by Crippen LogP contribution is 2.35. The van der Waals surface area contributed by atoms with Gasteiger partial charge in [-0.15, -0.1) is 0 Å². The van der Waals surface area contributed by atoms with Gasteiger partial charge in [-0.1, -0.05) is 5.16 Å². The number of anilines is 1. The molecule has 0 spiro atoms. The van der Waals surface area contributed by atoms with E-state index in [4.69, 9.17) is 9.26 Å². The van der Waals surface area contributed by atoms with E-state index in [2.05, 4.69) is 30.4 Å². The maximum absolute atomic E-state index is 12.9. The largest absolute Gasteiger partial charge is 0.497 e. The maximum atomic E-state index is 12.9. The van der Waals surface area contributed by atoms with E-state index in [9.17, 15) is 4.79 Å². The standard InChI is InChI=1S/C25H29N7O3/c1-15-20(16(2)31(3)29-15)13-26-24(33)18-9-11-32(12-10-18)23-21-22(30-35-25(21)28-14-27-23)17-5-7-19(34-4)8-6-17/h5-8,14,18H,9-13H2,1-4H3,(H,26,33). The number of rotatable bonds is 6. The Hall–Kier alpha value is -3.95. The molecule has 1 N–H and O–H groups in total. The van der Waals surface area contributed by atoms with Crippen molar-refractivity contribution < 1.29 is 14.1 Å². The molecule has 10 nitrogen and oxygen atoms in total. The molecule has 35 heavy (non-hydrogen) atoms. The van der Waals surface area contributed by atoms with Gasteiger partial charge in [0.2, 0.25) is 5.91 Å². The molecular formula is C25H29N7O3. The highest BCUT2D eigenvalue weighted by Gasteiger charge is 2.28. The number of hydrogen-bond donors (Lipinski definition) is 1. The number of nitrogens with zero attached hydrogens (tertiary/aromatic N) is 6. The van der Waals surface area contributed by atoms with Gasteiger partial charge in [0.25, 0.3) is 5.71 Å². The third-order valence-corrected chi connectivity index (χ3v) is 6.88. The van der Waals surface area contributed by atoms with Crippen molar-refractivity contribution in [3.05, 3.63) is 47.5 Å². The molecule has 0 radical (unpaired) electrons.